The lowest BCUT2D eigenvalue weighted by Gasteiger charge is -2.19. The lowest BCUT2D eigenvalue weighted by atomic mass is 9.87. The van der Waals surface area contributed by atoms with E-state index in [2.05, 4.69) is 48.5 Å². The number of ether oxygens (including phenoxy) is 1. The Morgan fingerprint density at radius 2 is 1.72 bits per heavy atom. The van der Waals surface area contributed by atoms with Gasteiger partial charge in [-0.2, -0.15) is 0 Å². The van der Waals surface area contributed by atoms with Crippen LogP contribution in [0.2, 0.25) is 0 Å². The van der Waals surface area contributed by atoms with Gasteiger partial charge in [0.2, 0.25) is 0 Å². The van der Waals surface area contributed by atoms with Gasteiger partial charge in [0, 0.05) is 24.0 Å². The van der Waals surface area contributed by atoms with Gasteiger partial charge in [0.05, 0.1) is 12.7 Å². The SMILES string of the molecule is COc1ccccc1CNC(=O)c1ccc(Nc2ccc(C(C)(C)C)cc2)nc1. The van der Waals surface area contributed by atoms with Crippen molar-refractivity contribution >= 4 is 17.4 Å². The Hall–Kier alpha value is -3.34. The van der Waals surface area contributed by atoms with Gasteiger partial charge in [-0.3, -0.25) is 4.79 Å². The summed E-state index contributed by atoms with van der Waals surface area (Å²) in [6, 6.07) is 19.5. The van der Waals surface area contributed by atoms with E-state index in [9.17, 15) is 4.79 Å². The number of methoxy groups -OCH3 is 1. The smallest absolute Gasteiger partial charge is 0.253 e. The molecule has 0 saturated heterocycles. The summed E-state index contributed by atoms with van der Waals surface area (Å²) in [5.74, 6) is 1.27. The molecule has 2 N–H and O–H groups in total. The fraction of sp³-hybridized carbons (Fsp3) is 0.250. The van der Waals surface area contributed by atoms with Crippen molar-refractivity contribution < 1.29 is 9.53 Å². The molecule has 150 valence electrons. The van der Waals surface area contributed by atoms with Crippen LogP contribution < -0.4 is 15.4 Å². The summed E-state index contributed by atoms with van der Waals surface area (Å²) in [7, 11) is 1.62. The quantitative estimate of drug-likeness (QED) is 0.618. The summed E-state index contributed by atoms with van der Waals surface area (Å²) in [4.78, 5) is 16.8. The van der Waals surface area contributed by atoms with Crippen LogP contribution in [0.15, 0.2) is 66.9 Å². The molecule has 0 aliphatic carbocycles. The predicted octanol–water partition coefficient (Wildman–Crippen LogP) is 5.06. The van der Waals surface area contributed by atoms with Crippen molar-refractivity contribution in [3.63, 3.8) is 0 Å². The molecule has 0 fully saturated rings. The van der Waals surface area contributed by atoms with E-state index in [1.807, 2.05) is 36.4 Å². The normalized spacial score (nSPS) is 11.0. The molecule has 0 radical (unpaired) electrons. The Labute approximate surface area is 172 Å². The maximum absolute atomic E-state index is 12.4. The third-order valence-electron chi connectivity index (χ3n) is 4.68. The molecule has 3 rings (SSSR count). The largest absolute Gasteiger partial charge is 0.496 e. The van der Waals surface area contributed by atoms with Crippen molar-refractivity contribution in [2.75, 3.05) is 12.4 Å². The van der Waals surface area contributed by atoms with E-state index >= 15 is 0 Å². The lowest BCUT2D eigenvalue weighted by molar-refractivity contribution is 0.0950. The van der Waals surface area contributed by atoms with Crippen molar-refractivity contribution in [3.8, 4) is 5.75 Å². The van der Waals surface area contributed by atoms with E-state index in [1.165, 1.54) is 5.56 Å². The summed E-state index contributed by atoms with van der Waals surface area (Å²) in [5, 5.41) is 6.16. The van der Waals surface area contributed by atoms with Crippen LogP contribution in [0.25, 0.3) is 0 Å². The van der Waals surface area contributed by atoms with E-state index in [0.717, 1.165) is 17.0 Å². The third kappa shape index (κ3) is 5.35. The predicted molar refractivity (Wildman–Crippen MR) is 117 cm³/mol. The summed E-state index contributed by atoms with van der Waals surface area (Å²) in [6.45, 7) is 6.96. The third-order valence-corrected chi connectivity index (χ3v) is 4.68. The molecule has 0 unspecified atom stereocenters. The Morgan fingerprint density at radius 3 is 2.34 bits per heavy atom. The van der Waals surface area contributed by atoms with Crippen LogP contribution in [-0.2, 0) is 12.0 Å². The first-order valence-electron chi connectivity index (χ1n) is 9.60. The van der Waals surface area contributed by atoms with E-state index in [4.69, 9.17) is 4.74 Å². The van der Waals surface area contributed by atoms with Crippen molar-refractivity contribution in [1.82, 2.24) is 10.3 Å². The maximum Gasteiger partial charge on any atom is 0.253 e. The molecule has 0 spiro atoms. The van der Waals surface area contributed by atoms with E-state index in [0.29, 0.717) is 17.9 Å². The first kappa shape index (κ1) is 20.4. The number of anilines is 2. The van der Waals surface area contributed by atoms with Crippen molar-refractivity contribution in [2.45, 2.75) is 32.7 Å². The molecule has 1 aromatic heterocycles. The minimum absolute atomic E-state index is 0.121. The topological polar surface area (TPSA) is 63.2 Å². The van der Waals surface area contributed by atoms with Gasteiger partial charge in [-0.1, -0.05) is 51.1 Å². The molecule has 5 nitrogen and oxygen atoms in total. The van der Waals surface area contributed by atoms with Crippen LogP contribution in [0, 0.1) is 0 Å². The minimum Gasteiger partial charge on any atom is -0.496 e. The average Bonchev–Trinajstić information content (AvgIpc) is 2.72. The zero-order chi connectivity index (χ0) is 20.9. The van der Waals surface area contributed by atoms with Crippen LogP contribution in [-0.4, -0.2) is 18.0 Å². The number of carbonyl (C=O) groups excluding carboxylic acids is 1. The number of nitrogens with zero attached hydrogens (tertiary/aromatic N) is 1. The second kappa shape index (κ2) is 8.78. The van der Waals surface area contributed by atoms with Gasteiger partial charge in [-0.25, -0.2) is 4.98 Å². The number of para-hydroxylation sites is 1. The highest BCUT2D eigenvalue weighted by molar-refractivity contribution is 5.94. The Kier molecular flexibility index (Phi) is 6.17. The number of benzene rings is 2. The number of nitrogens with one attached hydrogen (secondary N) is 2. The van der Waals surface area contributed by atoms with Gasteiger partial charge in [-0.15, -0.1) is 0 Å². The lowest BCUT2D eigenvalue weighted by Crippen LogP contribution is -2.23. The van der Waals surface area contributed by atoms with E-state index in [-0.39, 0.29) is 11.3 Å². The molecule has 0 aliphatic heterocycles. The molecule has 1 heterocycles. The molecular weight excluding hydrogens is 362 g/mol. The molecule has 0 atom stereocenters. The molecule has 3 aromatic rings. The molecule has 29 heavy (non-hydrogen) atoms. The minimum atomic E-state index is -0.176. The number of amides is 1. The monoisotopic (exact) mass is 389 g/mol. The summed E-state index contributed by atoms with van der Waals surface area (Å²) in [6.07, 6.45) is 1.57. The molecule has 5 heteroatoms. The molecule has 0 saturated carbocycles. The summed E-state index contributed by atoms with van der Waals surface area (Å²) in [5.41, 5.74) is 3.79. The zero-order valence-electron chi connectivity index (χ0n) is 17.3. The Morgan fingerprint density at radius 1 is 1.00 bits per heavy atom. The van der Waals surface area contributed by atoms with Crippen LogP contribution in [0.1, 0.15) is 42.3 Å². The van der Waals surface area contributed by atoms with Crippen LogP contribution >= 0.6 is 0 Å². The van der Waals surface area contributed by atoms with Gasteiger partial charge >= 0.3 is 0 Å². The van der Waals surface area contributed by atoms with E-state index < -0.39 is 0 Å². The maximum atomic E-state index is 12.4. The molecule has 0 aliphatic rings. The molecule has 0 bridgehead atoms. The molecule has 1 amide bonds. The summed E-state index contributed by atoms with van der Waals surface area (Å²) < 4.78 is 5.31. The second-order valence-electron chi connectivity index (χ2n) is 7.88. The van der Waals surface area contributed by atoms with Gasteiger partial charge in [0.1, 0.15) is 11.6 Å². The van der Waals surface area contributed by atoms with Gasteiger partial charge < -0.3 is 15.4 Å². The molecule has 2 aromatic carbocycles. The number of carbonyl (C=O) groups is 1. The zero-order valence-corrected chi connectivity index (χ0v) is 17.3. The van der Waals surface area contributed by atoms with Crippen molar-refractivity contribution in [2.24, 2.45) is 0 Å². The van der Waals surface area contributed by atoms with Crippen molar-refractivity contribution in [3.05, 3.63) is 83.6 Å². The number of hydrogen-bond donors (Lipinski definition) is 2. The van der Waals surface area contributed by atoms with Gasteiger partial charge in [0.25, 0.3) is 5.91 Å². The van der Waals surface area contributed by atoms with Crippen LogP contribution in [0.4, 0.5) is 11.5 Å². The first-order valence-corrected chi connectivity index (χ1v) is 9.60. The van der Waals surface area contributed by atoms with Gasteiger partial charge in [-0.05, 0) is 41.3 Å². The average molecular weight is 389 g/mol. The van der Waals surface area contributed by atoms with Gasteiger partial charge in [0.15, 0.2) is 0 Å². The summed E-state index contributed by atoms with van der Waals surface area (Å²) >= 11 is 0. The number of hydrogen-bond acceptors (Lipinski definition) is 4. The van der Waals surface area contributed by atoms with E-state index in [1.54, 1.807) is 25.4 Å². The highest BCUT2D eigenvalue weighted by atomic mass is 16.5. The highest BCUT2D eigenvalue weighted by Gasteiger charge is 2.13. The van der Waals surface area contributed by atoms with Crippen molar-refractivity contribution in [1.29, 1.82) is 0 Å². The number of pyridine rings is 1. The van der Waals surface area contributed by atoms with Crippen LogP contribution in [0.3, 0.4) is 0 Å². The fourth-order valence-electron chi connectivity index (χ4n) is 2.93. The Balaban J connectivity index is 1.60. The standard InChI is InChI=1S/C24H27N3O2/c1-24(2,3)19-10-12-20(13-11-19)27-22-14-9-18(16-25-22)23(28)26-15-17-7-5-6-8-21(17)29-4/h5-14,16H,15H2,1-4H3,(H,25,27)(H,26,28). The fourth-order valence-corrected chi connectivity index (χ4v) is 2.93. The Bertz CT molecular complexity index is 959. The first-order chi connectivity index (χ1) is 13.9. The highest BCUT2D eigenvalue weighted by Crippen LogP contribution is 2.24. The van der Waals surface area contributed by atoms with Crippen LogP contribution in [0.5, 0.6) is 5.75 Å². The number of rotatable bonds is 6. The molecular formula is C24H27N3O2. The number of aromatic nitrogens is 1. The second-order valence-corrected chi connectivity index (χ2v) is 7.88.